The second-order valence-corrected chi connectivity index (χ2v) is 9.49. The maximum Gasteiger partial charge on any atom is 0.325 e. The third-order valence-corrected chi connectivity index (χ3v) is 6.39. The quantitative estimate of drug-likeness (QED) is 0.154. The van der Waals surface area contributed by atoms with Crippen LogP contribution >= 0.6 is 23.2 Å². The lowest BCUT2D eigenvalue weighted by atomic mass is 10.0. The molecule has 4 rings (SSSR count). The smallest absolute Gasteiger partial charge is 0.325 e. The third-order valence-electron chi connectivity index (χ3n) is 5.84. The van der Waals surface area contributed by atoms with Gasteiger partial charge in [0.2, 0.25) is 0 Å². The number of carbonyl (C=O) groups excluding carboxylic acids is 1. The Labute approximate surface area is 236 Å². The van der Waals surface area contributed by atoms with Gasteiger partial charge in [0.25, 0.3) is 0 Å². The van der Waals surface area contributed by atoms with Crippen molar-refractivity contribution in [2.75, 3.05) is 13.7 Å². The Kier molecular flexibility index (Phi) is 9.41. The highest BCUT2D eigenvalue weighted by atomic mass is 35.5. The van der Waals surface area contributed by atoms with Crippen molar-refractivity contribution < 1.29 is 24.2 Å². The summed E-state index contributed by atoms with van der Waals surface area (Å²) in [5.74, 6) is 0.0271. The molecule has 39 heavy (non-hydrogen) atoms. The first-order chi connectivity index (χ1) is 18.8. The van der Waals surface area contributed by atoms with Crippen molar-refractivity contribution in [1.29, 1.82) is 0 Å². The van der Waals surface area contributed by atoms with Crippen LogP contribution in [0, 0.1) is 0 Å². The molecule has 0 fully saturated rings. The molecule has 0 aliphatic rings. The van der Waals surface area contributed by atoms with Crippen molar-refractivity contribution in [3.8, 4) is 28.1 Å². The molecule has 0 radical (unpaired) electrons. The molecule has 0 bridgehead atoms. The average molecular weight is 565 g/mol. The number of carboxylic acids is 1. The predicted molar refractivity (Wildman–Crippen MR) is 153 cm³/mol. The number of benzene rings is 3. The minimum atomic E-state index is -0.832. The van der Waals surface area contributed by atoms with Gasteiger partial charge in [0.1, 0.15) is 18.1 Å². The number of halogens is 2. The molecule has 0 spiro atoms. The van der Waals surface area contributed by atoms with E-state index in [0.29, 0.717) is 45.9 Å². The lowest BCUT2D eigenvalue weighted by Gasteiger charge is -2.07. The molecular formula is C30H26Cl2N2O5. The Balaban J connectivity index is 1.53. The highest BCUT2D eigenvalue weighted by Crippen LogP contribution is 2.30. The summed E-state index contributed by atoms with van der Waals surface area (Å²) in [5.41, 5.74) is 4.28. The number of nitrogens with zero attached hydrogens (tertiary/aromatic N) is 2. The van der Waals surface area contributed by atoms with Gasteiger partial charge in [-0.25, -0.2) is 4.98 Å². The van der Waals surface area contributed by atoms with E-state index in [9.17, 15) is 9.59 Å². The van der Waals surface area contributed by atoms with Crippen LogP contribution in [0.25, 0.3) is 34.5 Å². The molecular weight excluding hydrogens is 539 g/mol. The molecule has 1 heterocycles. The number of hydrogen-bond donors (Lipinski definition) is 1. The van der Waals surface area contributed by atoms with E-state index in [0.717, 1.165) is 16.7 Å². The largest absolute Gasteiger partial charge is 0.494 e. The second kappa shape index (κ2) is 13.1. The molecule has 4 aromatic rings. The van der Waals surface area contributed by atoms with Crippen LogP contribution in [0.5, 0.6) is 5.75 Å². The SMILES string of the molecule is COC(=O)Cn1cc(-c2ccc(Cl)cc2Cl)nc1/C=C/c1cccc(-c2ccc(OCCCC(=O)O)cc2)c1. The van der Waals surface area contributed by atoms with Gasteiger partial charge in [-0.15, -0.1) is 0 Å². The number of methoxy groups -OCH3 is 1. The lowest BCUT2D eigenvalue weighted by Crippen LogP contribution is -2.11. The molecule has 0 atom stereocenters. The molecule has 0 aliphatic carbocycles. The summed E-state index contributed by atoms with van der Waals surface area (Å²) in [4.78, 5) is 27.3. The zero-order chi connectivity index (χ0) is 27.8. The highest BCUT2D eigenvalue weighted by molar-refractivity contribution is 6.36. The molecule has 0 aliphatic heterocycles. The number of carbonyl (C=O) groups is 2. The van der Waals surface area contributed by atoms with Crippen molar-refractivity contribution in [1.82, 2.24) is 9.55 Å². The van der Waals surface area contributed by atoms with Crippen LogP contribution in [0.4, 0.5) is 0 Å². The molecule has 3 aromatic carbocycles. The van der Waals surface area contributed by atoms with Crippen LogP contribution in [0.3, 0.4) is 0 Å². The Bertz CT molecular complexity index is 1500. The number of esters is 1. The van der Waals surface area contributed by atoms with E-state index in [1.807, 2.05) is 60.7 Å². The number of hydrogen-bond acceptors (Lipinski definition) is 5. The first-order valence-corrected chi connectivity index (χ1v) is 12.9. The molecule has 1 N–H and O–H groups in total. The standard InChI is InChI=1S/C30H26Cl2N2O5/c1-38-30(37)19-34-18-27(25-13-10-23(31)17-26(25)32)33-28(34)14-7-20-4-2-5-22(16-20)21-8-11-24(12-9-21)39-15-3-6-29(35)36/h2,4-5,7-14,16-18H,3,6,15,19H2,1H3,(H,35,36)/b14-7+. The van der Waals surface area contributed by atoms with Crippen LogP contribution in [0.2, 0.25) is 10.0 Å². The van der Waals surface area contributed by atoms with Crippen molar-refractivity contribution in [2.45, 2.75) is 19.4 Å². The first kappa shape index (κ1) is 28.0. The Hall–Kier alpha value is -4.07. The van der Waals surface area contributed by atoms with E-state index >= 15 is 0 Å². The number of aromatic nitrogens is 2. The lowest BCUT2D eigenvalue weighted by molar-refractivity contribution is -0.141. The Morgan fingerprint density at radius 2 is 1.79 bits per heavy atom. The Morgan fingerprint density at radius 1 is 1.00 bits per heavy atom. The van der Waals surface area contributed by atoms with Crippen LogP contribution in [0.15, 0.2) is 72.9 Å². The molecule has 0 saturated carbocycles. The van der Waals surface area contributed by atoms with E-state index < -0.39 is 11.9 Å². The topological polar surface area (TPSA) is 90.7 Å². The van der Waals surface area contributed by atoms with Crippen molar-refractivity contribution >= 4 is 47.3 Å². The fraction of sp³-hybridized carbons (Fsp3) is 0.167. The van der Waals surface area contributed by atoms with Gasteiger partial charge in [-0.1, -0.05) is 59.6 Å². The molecule has 200 valence electrons. The monoisotopic (exact) mass is 564 g/mol. The van der Waals surface area contributed by atoms with Crippen LogP contribution in [0.1, 0.15) is 24.2 Å². The molecule has 9 heteroatoms. The zero-order valence-electron chi connectivity index (χ0n) is 21.1. The number of aliphatic carboxylic acids is 1. The van der Waals surface area contributed by atoms with Gasteiger partial charge in [0.15, 0.2) is 0 Å². The second-order valence-electron chi connectivity index (χ2n) is 8.64. The van der Waals surface area contributed by atoms with E-state index in [2.05, 4.69) is 0 Å². The van der Waals surface area contributed by atoms with E-state index in [4.69, 9.17) is 42.8 Å². The van der Waals surface area contributed by atoms with Crippen molar-refractivity contribution in [3.05, 3.63) is 94.4 Å². The Morgan fingerprint density at radius 3 is 2.51 bits per heavy atom. The van der Waals surface area contributed by atoms with Gasteiger partial charge in [-0.05, 0) is 65.6 Å². The number of imidazole rings is 1. The van der Waals surface area contributed by atoms with Gasteiger partial charge in [-0.2, -0.15) is 0 Å². The van der Waals surface area contributed by atoms with Crippen molar-refractivity contribution in [2.24, 2.45) is 0 Å². The van der Waals surface area contributed by atoms with Gasteiger partial charge >= 0.3 is 11.9 Å². The van der Waals surface area contributed by atoms with E-state index in [1.165, 1.54) is 7.11 Å². The van der Waals surface area contributed by atoms with Gasteiger partial charge < -0.3 is 19.1 Å². The van der Waals surface area contributed by atoms with Crippen LogP contribution < -0.4 is 4.74 Å². The summed E-state index contributed by atoms with van der Waals surface area (Å²) in [6.45, 7) is 0.350. The number of rotatable bonds is 11. The van der Waals surface area contributed by atoms with Gasteiger partial charge in [-0.3, -0.25) is 9.59 Å². The normalized spacial score (nSPS) is 11.1. The van der Waals surface area contributed by atoms with E-state index in [1.54, 1.807) is 29.0 Å². The summed E-state index contributed by atoms with van der Waals surface area (Å²) in [7, 11) is 1.34. The minimum Gasteiger partial charge on any atom is -0.494 e. The molecule has 0 unspecified atom stereocenters. The number of carboxylic acid groups (broad SMARTS) is 1. The molecule has 1 aromatic heterocycles. The molecule has 0 amide bonds. The van der Waals surface area contributed by atoms with Crippen LogP contribution in [-0.2, 0) is 20.9 Å². The molecule has 7 nitrogen and oxygen atoms in total. The summed E-state index contributed by atoms with van der Waals surface area (Å²) in [6, 6.07) is 20.8. The third kappa shape index (κ3) is 7.72. The average Bonchev–Trinajstić information content (AvgIpc) is 3.32. The van der Waals surface area contributed by atoms with Gasteiger partial charge in [0.05, 0.1) is 24.4 Å². The summed E-state index contributed by atoms with van der Waals surface area (Å²) >= 11 is 12.4. The van der Waals surface area contributed by atoms with Crippen LogP contribution in [-0.4, -0.2) is 40.3 Å². The summed E-state index contributed by atoms with van der Waals surface area (Å²) in [5, 5.41) is 9.72. The highest BCUT2D eigenvalue weighted by Gasteiger charge is 2.14. The van der Waals surface area contributed by atoms with Crippen molar-refractivity contribution in [3.63, 3.8) is 0 Å². The summed E-state index contributed by atoms with van der Waals surface area (Å²) in [6.07, 6.45) is 6.05. The maximum atomic E-state index is 12.0. The van der Waals surface area contributed by atoms with Gasteiger partial charge in [0, 0.05) is 23.2 Å². The number of ether oxygens (including phenoxy) is 2. The maximum absolute atomic E-state index is 12.0. The first-order valence-electron chi connectivity index (χ1n) is 12.1. The predicted octanol–water partition coefficient (Wildman–Crippen LogP) is 7.11. The zero-order valence-corrected chi connectivity index (χ0v) is 22.7. The minimum absolute atomic E-state index is 0.000844. The fourth-order valence-electron chi connectivity index (χ4n) is 3.87. The fourth-order valence-corrected chi connectivity index (χ4v) is 4.38. The summed E-state index contributed by atoms with van der Waals surface area (Å²) < 4.78 is 12.2. The molecule has 0 saturated heterocycles. The van der Waals surface area contributed by atoms with E-state index in [-0.39, 0.29) is 13.0 Å².